The van der Waals surface area contributed by atoms with Crippen LogP contribution in [0.3, 0.4) is 0 Å². The largest absolute Gasteiger partial charge is 0.376 e. The fourth-order valence-corrected chi connectivity index (χ4v) is 5.40. The number of thiocarbonyl (C=S) groups is 1. The molecule has 4 heterocycles. The summed E-state index contributed by atoms with van der Waals surface area (Å²) in [5, 5.41) is 3.31. The number of carbonyl (C=O) groups is 1. The van der Waals surface area contributed by atoms with Gasteiger partial charge in [-0.15, -0.1) is 0 Å². The molecule has 2 saturated heterocycles. The second kappa shape index (κ2) is 10.8. The van der Waals surface area contributed by atoms with Gasteiger partial charge >= 0.3 is 0 Å². The van der Waals surface area contributed by atoms with Crippen molar-refractivity contribution in [3.63, 3.8) is 0 Å². The lowest BCUT2D eigenvalue weighted by molar-refractivity contribution is -0.122. The van der Waals surface area contributed by atoms with Crippen molar-refractivity contribution in [3.8, 4) is 0 Å². The van der Waals surface area contributed by atoms with Crippen molar-refractivity contribution >= 4 is 51.7 Å². The Bertz CT molecular complexity index is 1140. The van der Waals surface area contributed by atoms with Crippen molar-refractivity contribution in [3.05, 3.63) is 44.7 Å². The molecule has 0 aromatic carbocycles. The average Bonchev–Trinajstić information content (AvgIpc) is 3.41. The van der Waals surface area contributed by atoms with Crippen LogP contribution in [0.25, 0.3) is 11.7 Å². The van der Waals surface area contributed by atoms with Crippen LogP contribution in [0.1, 0.15) is 56.6 Å². The van der Waals surface area contributed by atoms with Gasteiger partial charge in [-0.1, -0.05) is 56.2 Å². The van der Waals surface area contributed by atoms with Crippen LogP contribution in [0, 0.1) is 6.92 Å². The molecule has 2 fully saturated rings. The van der Waals surface area contributed by atoms with E-state index in [2.05, 4.69) is 12.2 Å². The number of rotatable bonds is 9. The van der Waals surface area contributed by atoms with Crippen molar-refractivity contribution in [2.75, 3.05) is 25.0 Å². The van der Waals surface area contributed by atoms with E-state index in [9.17, 15) is 9.59 Å². The number of hydrogen-bond acceptors (Lipinski definition) is 7. The van der Waals surface area contributed by atoms with E-state index in [0.29, 0.717) is 39.3 Å². The Morgan fingerprint density at radius 3 is 2.94 bits per heavy atom. The Labute approximate surface area is 203 Å². The molecule has 7 nitrogen and oxygen atoms in total. The van der Waals surface area contributed by atoms with E-state index in [-0.39, 0.29) is 17.6 Å². The molecule has 2 aromatic rings. The van der Waals surface area contributed by atoms with Gasteiger partial charge in [0.15, 0.2) is 0 Å². The summed E-state index contributed by atoms with van der Waals surface area (Å²) in [5.41, 5.74) is 1.65. The predicted molar refractivity (Wildman–Crippen MR) is 138 cm³/mol. The predicted octanol–water partition coefficient (Wildman–Crippen LogP) is 4.38. The lowest BCUT2D eigenvalue weighted by Gasteiger charge is -2.15. The van der Waals surface area contributed by atoms with Gasteiger partial charge in [-0.2, -0.15) is 0 Å². The van der Waals surface area contributed by atoms with Crippen LogP contribution < -0.4 is 10.9 Å². The lowest BCUT2D eigenvalue weighted by atomic mass is 10.2. The Hall–Kier alpha value is -2.23. The second-order valence-electron chi connectivity index (χ2n) is 8.47. The molecule has 0 aliphatic carbocycles. The van der Waals surface area contributed by atoms with Crippen molar-refractivity contribution in [2.24, 2.45) is 0 Å². The molecule has 1 N–H and O–H groups in total. The maximum atomic E-state index is 13.4. The Kier molecular flexibility index (Phi) is 7.82. The fraction of sp³-hybridized carbons (Fsp3) is 0.500. The van der Waals surface area contributed by atoms with Crippen LogP contribution in [0.5, 0.6) is 0 Å². The van der Waals surface area contributed by atoms with E-state index in [0.717, 1.165) is 50.7 Å². The number of aromatic nitrogens is 2. The van der Waals surface area contributed by atoms with Crippen LogP contribution in [0.2, 0.25) is 0 Å². The molecule has 33 heavy (non-hydrogen) atoms. The van der Waals surface area contributed by atoms with Gasteiger partial charge < -0.3 is 10.1 Å². The molecule has 2 aliphatic rings. The summed E-state index contributed by atoms with van der Waals surface area (Å²) < 4.78 is 7.79. The topological polar surface area (TPSA) is 75.9 Å². The third-order valence-electron chi connectivity index (χ3n) is 5.99. The van der Waals surface area contributed by atoms with Gasteiger partial charge in [-0.05, 0) is 43.9 Å². The molecule has 0 radical (unpaired) electrons. The SMILES string of the molecule is CCCCCCN1C(=O)/C(=C\c2c(NCC3CCCO3)nc3c(C)cccn3c2=O)SC1=S. The molecule has 176 valence electrons. The summed E-state index contributed by atoms with van der Waals surface area (Å²) >= 11 is 6.72. The third kappa shape index (κ3) is 5.31. The lowest BCUT2D eigenvalue weighted by Crippen LogP contribution is -2.29. The Morgan fingerprint density at radius 2 is 2.18 bits per heavy atom. The van der Waals surface area contributed by atoms with Gasteiger partial charge in [-0.3, -0.25) is 18.9 Å². The Balaban J connectivity index is 1.66. The number of pyridine rings is 1. The standard InChI is InChI=1S/C24H30N4O3S2/c1-3-4-5-6-11-28-23(30)19(33-24(28)32)14-18-20(25-15-17-10-8-13-31-17)26-21-16(2)9-7-12-27(21)22(18)29/h7,9,12,14,17,25H,3-6,8,10-11,13,15H2,1-2H3/b19-14+. The molecular formula is C24H30N4O3S2. The normalized spacial score (nSPS) is 19.9. The molecule has 4 rings (SSSR count). The van der Waals surface area contributed by atoms with Gasteiger partial charge in [0.05, 0.1) is 16.6 Å². The molecule has 1 amide bonds. The smallest absolute Gasteiger partial charge is 0.267 e. The average molecular weight is 487 g/mol. The summed E-state index contributed by atoms with van der Waals surface area (Å²) in [6.45, 7) is 6.01. The zero-order chi connectivity index (χ0) is 23.4. The number of aryl methyl sites for hydroxylation is 1. The molecule has 2 aliphatic heterocycles. The van der Waals surface area contributed by atoms with Gasteiger partial charge in [0.1, 0.15) is 15.8 Å². The first-order valence-corrected chi connectivity index (χ1v) is 12.8. The number of unbranched alkanes of at least 4 members (excludes halogenated alkanes) is 3. The number of carbonyl (C=O) groups excluding carboxylic acids is 1. The zero-order valence-electron chi connectivity index (χ0n) is 19.1. The van der Waals surface area contributed by atoms with Gasteiger partial charge in [-0.25, -0.2) is 4.98 Å². The molecule has 1 atom stereocenters. The zero-order valence-corrected chi connectivity index (χ0v) is 20.8. The summed E-state index contributed by atoms with van der Waals surface area (Å²) in [5.74, 6) is 0.332. The number of amides is 1. The molecule has 0 saturated carbocycles. The highest BCUT2D eigenvalue weighted by Crippen LogP contribution is 2.33. The number of thioether (sulfide) groups is 1. The third-order valence-corrected chi connectivity index (χ3v) is 7.37. The Morgan fingerprint density at radius 1 is 1.33 bits per heavy atom. The minimum atomic E-state index is -0.216. The van der Waals surface area contributed by atoms with Crippen LogP contribution in [-0.4, -0.2) is 50.3 Å². The molecular weight excluding hydrogens is 456 g/mol. The second-order valence-corrected chi connectivity index (χ2v) is 10.1. The van der Waals surface area contributed by atoms with E-state index in [1.54, 1.807) is 17.2 Å². The van der Waals surface area contributed by atoms with Crippen LogP contribution in [0.4, 0.5) is 5.82 Å². The van der Waals surface area contributed by atoms with Crippen molar-refractivity contribution in [2.45, 2.75) is 58.5 Å². The fourth-order valence-electron chi connectivity index (χ4n) is 4.11. The molecule has 0 spiro atoms. The molecule has 2 aromatic heterocycles. The minimum Gasteiger partial charge on any atom is -0.376 e. The summed E-state index contributed by atoms with van der Waals surface area (Å²) in [7, 11) is 0. The van der Waals surface area contributed by atoms with E-state index in [1.165, 1.54) is 16.2 Å². The van der Waals surface area contributed by atoms with Crippen LogP contribution >= 0.6 is 24.0 Å². The van der Waals surface area contributed by atoms with Crippen molar-refractivity contribution in [1.82, 2.24) is 14.3 Å². The van der Waals surface area contributed by atoms with Gasteiger partial charge in [0.25, 0.3) is 11.5 Å². The number of anilines is 1. The summed E-state index contributed by atoms with van der Waals surface area (Å²) in [4.78, 5) is 33.4. The number of hydrogen-bond donors (Lipinski definition) is 1. The quantitative estimate of drug-likeness (QED) is 0.320. The first-order valence-electron chi connectivity index (χ1n) is 11.6. The van der Waals surface area contributed by atoms with Crippen molar-refractivity contribution < 1.29 is 9.53 Å². The first kappa shape index (κ1) is 23.9. The highest BCUT2D eigenvalue weighted by molar-refractivity contribution is 8.26. The van der Waals surface area contributed by atoms with Gasteiger partial charge in [0.2, 0.25) is 0 Å². The van der Waals surface area contributed by atoms with Crippen molar-refractivity contribution in [1.29, 1.82) is 0 Å². The number of ether oxygens (including phenoxy) is 1. The van der Waals surface area contributed by atoms with E-state index >= 15 is 0 Å². The monoisotopic (exact) mass is 486 g/mol. The minimum absolute atomic E-state index is 0.0938. The maximum absolute atomic E-state index is 13.4. The van der Waals surface area contributed by atoms with E-state index < -0.39 is 0 Å². The first-order chi connectivity index (χ1) is 16.0. The maximum Gasteiger partial charge on any atom is 0.267 e. The molecule has 9 heteroatoms. The highest BCUT2D eigenvalue weighted by Gasteiger charge is 2.32. The van der Waals surface area contributed by atoms with E-state index in [1.807, 2.05) is 19.1 Å². The van der Waals surface area contributed by atoms with Gasteiger partial charge in [0, 0.05) is 25.9 Å². The summed E-state index contributed by atoms with van der Waals surface area (Å²) in [6.07, 6.45) is 9.72. The van der Waals surface area contributed by atoms with E-state index in [4.69, 9.17) is 21.9 Å². The summed E-state index contributed by atoms with van der Waals surface area (Å²) in [6, 6.07) is 3.75. The van der Waals surface area contributed by atoms with Crippen LogP contribution in [0.15, 0.2) is 28.0 Å². The molecule has 0 bridgehead atoms. The highest BCUT2D eigenvalue weighted by atomic mass is 32.2. The van der Waals surface area contributed by atoms with Crippen LogP contribution in [-0.2, 0) is 9.53 Å². The number of nitrogens with zero attached hydrogens (tertiary/aromatic N) is 3. The number of nitrogens with one attached hydrogen (secondary N) is 1. The number of fused-ring (bicyclic) bond motifs is 1. The molecule has 1 unspecified atom stereocenters.